The van der Waals surface area contributed by atoms with Crippen LogP contribution < -0.4 is 5.32 Å². The number of hydrogen-bond donors (Lipinski definition) is 2. The molecule has 3 heteroatoms. The summed E-state index contributed by atoms with van der Waals surface area (Å²) < 4.78 is 0. The summed E-state index contributed by atoms with van der Waals surface area (Å²) in [5.74, 6) is 0.0309. The second-order valence-electron chi connectivity index (χ2n) is 5.03. The first kappa shape index (κ1) is 17.3. The number of aromatic amines is 1. The average Bonchev–Trinajstić information content (AvgIpc) is 2.97. The lowest BCUT2D eigenvalue weighted by molar-refractivity contribution is 0.0932. The number of amides is 1. The van der Waals surface area contributed by atoms with Gasteiger partial charge in [0.05, 0.1) is 0 Å². The summed E-state index contributed by atoms with van der Waals surface area (Å²) in [4.78, 5) is 15.4. The molecule has 0 atom stereocenters. The highest BCUT2D eigenvalue weighted by molar-refractivity contribution is 5.98. The molecule has 1 aromatic carbocycles. The summed E-state index contributed by atoms with van der Waals surface area (Å²) in [6.07, 6.45) is 6.18. The Bertz CT molecular complexity index is 549. The molecular formula is C18H32N2O. The number of rotatable bonds is 6. The van der Waals surface area contributed by atoms with Gasteiger partial charge in [0.1, 0.15) is 0 Å². The molecule has 0 radical (unpaired) electrons. The van der Waals surface area contributed by atoms with Crippen molar-refractivity contribution in [3.63, 3.8) is 0 Å². The van der Waals surface area contributed by atoms with Crippen LogP contribution >= 0.6 is 0 Å². The van der Waals surface area contributed by atoms with Gasteiger partial charge in [-0.2, -0.15) is 0 Å². The third-order valence-electron chi connectivity index (χ3n) is 3.43. The molecule has 0 fully saturated rings. The van der Waals surface area contributed by atoms with Crippen molar-refractivity contribution in [3.8, 4) is 0 Å². The molecule has 0 aliphatic heterocycles. The quantitative estimate of drug-likeness (QED) is 0.737. The van der Waals surface area contributed by atoms with Gasteiger partial charge in [-0.3, -0.25) is 4.79 Å². The van der Waals surface area contributed by atoms with Crippen molar-refractivity contribution in [1.29, 1.82) is 0 Å². The molecule has 21 heavy (non-hydrogen) atoms. The minimum Gasteiger partial charge on any atom is -0.361 e. The largest absolute Gasteiger partial charge is 0.361 e. The van der Waals surface area contributed by atoms with Crippen LogP contribution in [0.1, 0.15) is 66.6 Å². The van der Waals surface area contributed by atoms with E-state index in [0.717, 1.165) is 42.1 Å². The van der Waals surface area contributed by atoms with E-state index in [0.29, 0.717) is 6.04 Å². The van der Waals surface area contributed by atoms with E-state index in [2.05, 4.69) is 24.1 Å². The zero-order valence-corrected chi connectivity index (χ0v) is 13.7. The number of carbonyl (C=O) groups excluding carboxylic acids is 1. The van der Waals surface area contributed by atoms with E-state index in [1.54, 1.807) is 0 Å². The first-order valence-corrected chi connectivity index (χ1v) is 8.12. The fourth-order valence-electron chi connectivity index (χ4n) is 2.44. The lowest BCUT2D eigenvalue weighted by Gasteiger charge is -2.17. The Hall–Kier alpha value is -1.77. The molecule has 120 valence electrons. The average molecular weight is 292 g/mol. The molecule has 1 aromatic heterocycles. The summed E-state index contributed by atoms with van der Waals surface area (Å²) >= 11 is 0. The van der Waals surface area contributed by atoms with Crippen molar-refractivity contribution in [2.24, 2.45) is 0 Å². The molecule has 2 N–H and O–H groups in total. The fourth-order valence-corrected chi connectivity index (χ4v) is 2.44. The topological polar surface area (TPSA) is 44.9 Å². The van der Waals surface area contributed by atoms with Gasteiger partial charge < -0.3 is 10.3 Å². The Balaban J connectivity index is 0. The van der Waals surface area contributed by atoms with Crippen LogP contribution in [0.3, 0.4) is 0 Å². The van der Waals surface area contributed by atoms with Gasteiger partial charge in [0.2, 0.25) is 0 Å². The highest BCUT2D eigenvalue weighted by atomic mass is 16.1. The first-order valence-electron chi connectivity index (χ1n) is 8.12. The van der Waals surface area contributed by atoms with Crippen LogP contribution in [0.2, 0.25) is 0 Å². The molecule has 0 saturated carbocycles. The molecular weight excluding hydrogens is 260 g/mol. The second-order valence-corrected chi connectivity index (χ2v) is 5.03. The van der Waals surface area contributed by atoms with E-state index in [9.17, 15) is 4.79 Å². The van der Waals surface area contributed by atoms with Crippen LogP contribution in [0.25, 0.3) is 10.9 Å². The molecule has 0 unspecified atom stereocenters. The highest BCUT2D eigenvalue weighted by Crippen LogP contribution is 2.15. The van der Waals surface area contributed by atoms with Gasteiger partial charge in [-0.25, -0.2) is 0 Å². The minimum atomic E-state index is 0. The van der Waals surface area contributed by atoms with Crippen molar-refractivity contribution in [2.45, 2.75) is 59.4 Å². The Morgan fingerprint density at radius 1 is 1.19 bits per heavy atom. The van der Waals surface area contributed by atoms with Gasteiger partial charge in [0.25, 0.3) is 5.91 Å². The number of H-pyrrole nitrogens is 1. The zero-order chi connectivity index (χ0) is 15.7. The predicted octanol–water partition coefficient (Wildman–Crippen LogP) is 5.38. The van der Waals surface area contributed by atoms with Crippen molar-refractivity contribution < 1.29 is 7.65 Å². The lowest BCUT2D eigenvalue weighted by Crippen LogP contribution is -2.34. The highest BCUT2D eigenvalue weighted by Gasteiger charge is 2.12. The lowest BCUT2D eigenvalue weighted by atomic mass is 10.1. The normalized spacial score (nSPS) is 10.3. The third kappa shape index (κ3) is 4.92. The van der Waals surface area contributed by atoms with E-state index in [1.165, 1.54) is 0 Å². The van der Waals surface area contributed by atoms with E-state index in [4.69, 9.17) is 0 Å². The smallest absolute Gasteiger partial charge is 0.251 e. The number of aromatic nitrogens is 1. The van der Waals surface area contributed by atoms with Gasteiger partial charge in [-0.15, -0.1) is 0 Å². The molecule has 0 saturated heterocycles. The predicted molar refractivity (Wildman–Crippen MR) is 94.9 cm³/mol. The number of carbonyl (C=O) groups is 1. The maximum absolute atomic E-state index is 12.2. The molecule has 0 aliphatic carbocycles. The second kappa shape index (κ2) is 9.22. The Labute approximate surface area is 131 Å². The maximum atomic E-state index is 12.2. The van der Waals surface area contributed by atoms with Crippen molar-refractivity contribution in [2.75, 3.05) is 0 Å². The summed E-state index contributed by atoms with van der Waals surface area (Å²) in [7, 11) is 0. The molecule has 2 aromatic rings. The van der Waals surface area contributed by atoms with Crippen LogP contribution in [0.15, 0.2) is 30.5 Å². The van der Waals surface area contributed by atoms with Crippen molar-refractivity contribution in [1.82, 2.24) is 10.3 Å². The minimum absolute atomic E-state index is 0. The van der Waals surface area contributed by atoms with Gasteiger partial charge in [-0.05, 0) is 36.4 Å². The van der Waals surface area contributed by atoms with Gasteiger partial charge in [-0.1, -0.05) is 46.6 Å². The van der Waals surface area contributed by atoms with Crippen molar-refractivity contribution >= 4 is 16.8 Å². The molecule has 2 rings (SSSR count). The SMILES string of the molecule is CC.CCCC(CCC)NC(=O)c1ccc2cc[nH]c2c1.[HH].[HH]. The summed E-state index contributed by atoms with van der Waals surface area (Å²) in [6.45, 7) is 8.31. The van der Waals surface area contributed by atoms with Gasteiger partial charge in [0, 0.05) is 26.2 Å². The molecule has 0 aliphatic rings. The van der Waals surface area contributed by atoms with Gasteiger partial charge in [0.15, 0.2) is 0 Å². The van der Waals surface area contributed by atoms with E-state index in [1.807, 2.05) is 44.3 Å². The summed E-state index contributed by atoms with van der Waals surface area (Å²) in [6, 6.07) is 8.09. The maximum Gasteiger partial charge on any atom is 0.251 e. The van der Waals surface area contributed by atoms with Crippen LogP contribution in [-0.2, 0) is 0 Å². The fraction of sp³-hybridized carbons (Fsp3) is 0.500. The van der Waals surface area contributed by atoms with E-state index in [-0.39, 0.29) is 8.76 Å². The van der Waals surface area contributed by atoms with Crippen molar-refractivity contribution in [3.05, 3.63) is 36.0 Å². The molecule has 0 spiro atoms. The van der Waals surface area contributed by atoms with E-state index < -0.39 is 0 Å². The number of fused-ring (bicyclic) bond motifs is 1. The molecule has 1 amide bonds. The third-order valence-corrected chi connectivity index (χ3v) is 3.43. The first-order chi connectivity index (χ1) is 10.2. The Kier molecular flexibility index (Phi) is 7.59. The van der Waals surface area contributed by atoms with Crippen LogP contribution in [0.5, 0.6) is 0 Å². The molecule has 0 bridgehead atoms. The van der Waals surface area contributed by atoms with Crippen LogP contribution in [0.4, 0.5) is 0 Å². The Morgan fingerprint density at radius 2 is 1.86 bits per heavy atom. The Morgan fingerprint density at radius 3 is 2.48 bits per heavy atom. The molecule has 3 nitrogen and oxygen atoms in total. The van der Waals surface area contributed by atoms with Crippen LogP contribution in [0, 0.1) is 0 Å². The summed E-state index contributed by atoms with van der Waals surface area (Å²) in [5, 5.41) is 4.27. The summed E-state index contributed by atoms with van der Waals surface area (Å²) in [5.41, 5.74) is 1.74. The standard InChI is InChI=1S/C16H22N2O.C2H6.2H2/c1-3-5-14(6-4-2)18-16(19)13-8-7-12-9-10-17-15(12)11-13;1-2;;/h7-11,14,17H,3-6H2,1-2H3,(H,18,19);1-2H3;2*1H. The van der Waals surface area contributed by atoms with E-state index >= 15 is 0 Å². The number of benzene rings is 1. The molecule has 1 heterocycles. The van der Waals surface area contributed by atoms with Crippen LogP contribution in [-0.4, -0.2) is 16.9 Å². The zero-order valence-electron chi connectivity index (χ0n) is 13.7. The monoisotopic (exact) mass is 292 g/mol. The number of hydrogen-bond acceptors (Lipinski definition) is 1. The van der Waals surface area contributed by atoms with Gasteiger partial charge >= 0.3 is 0 Å². The number of nitrogens with one attached hydrogen (secondary N) is 2.